The number of aliphatic hydroxyl groups excluding tert-OH is 1. The van der Waals surface area contributed by atoms with Gasteiger partial charge in [0.2, 0.25) is 0 Å². The van der Waals surface area contributed by atoms with Crippen molar-refractivity contribution in [1.82, 2.24) is 0 Å². The zero-order chi connectivity index (χ0) is 9.14. The lowest BCUT2D eigenvalue weighted by Gasteiger charge is -2.10. The summed E-state index contributed by atoms with van der Waals surface area (Å²) in [5.74, 6) is 0.253. The van der Waals surface area contributed by atoms with E-state index < -0.39 is 0 Å². The summed E-state index contributed by atoms with van der Waals surface area (Å²) in [6.45, 7) is 6.43. The van der Waals surface area contributed by atoms with Gasteiger partial charge in [-0.3, -0.25) is 0 Å². The van der Waals surface area contributed by atoms with Crippen LogP contribution in [0.3, 0.4) is 0 Å². The van der Waals surface area contributed by atoms with Gasteiger partial charge in [0.05, 0.1) is 0 Å². The SMILES string of the molecule is Cc1cc(C)cc(C(C)CO)c1. The molecule has 0 aliphatic carbocycles. The Morgan fingerprint density at radius 2 is 1.67 bits per heavy atom. The van der Waals surface area contributed by atoms with Crippen molar-refractivity contribution in [2.75, 3.05) is 6.61 Å². The molecule has 0 aliphatic rings. The molecule has 0 heterocycles. The minimum absolute atomic E-state index is 0.225. The predicted octanol–water partition coefficient (Wildman–Crippen LogP) is 2.40. The summed E-state index contributed by atoms with van der Waals surface area (Å²) in [7, 11) is 0. The van der Waals surface area contributed by atoms with Crippen LogP contribution in [0.25, 0.3) is 0 Å². The fourth-order valence-electron chi connectivity index (χ4n) is 1.40. The van der Waals surface area contributed by atoms with Gasteiger partial charge in [0.25, 0.3) is 0 Å². The number of hydrogen-bond donors (Lipinski definition) is 1. The number of aryl methyl sites for hydroxylation is 2. The van der Waals surface area contributed by atoms with Gasteiger partial charge in [0.1, 0.15) is 0 Å². The molecule has 0 saturated carbocycles. The van der Waals surface area contributed by atoms with Crippen molar-refractivity contribution < 1.29 is 5.11 Å². The Morgan fingerprint density at radius 3 is 2.08 bits per heavy atom. The first kappa shape index (κ1) is 9.27. The summed E-state index contributed by atoms with van der Waals surface area (Å²) >= 11 is 0. The normalized spacial score (nSPS) is 13.0. The summed E-state index contributed by atoms with van der Waals surface area (Å²) < 4.78 is 0. The smallest absolute Gasteiger partial charge is 0.0497 e. The molecule has 0 bridgehead atoms. The van der Waals surface area contributed by atoms with Gasteiger partial charge < -0.3 is 5.11 Å². The molecule has 12 heavy (non-hydrogen) atoms. The molecule has 1 nitrogen and oxygen atoms in total. The van der Waals surface area contributed by atoms with Crippen LogP contribution in [-0.2, 0) is 0 Å². The largest absolute Gasteiger partial charge is 0.396 e. The van der Waals surface area contributed by atoms with Gasteiger partial charge in [-0.15, -0.1) is 0 Å². The van der Waals surface area contributed by atoms with Crippen molar-refractivity contribution >= 4 is 0 Å². The molecule has 66 valence electrons. The molecule has 0 saturated heterocycles. The van der Waals surface area contributed by atoms with Crippen molar-refractivity contribution in [1.29, 1.82) is 0 Å². The Balaban J connectivity index is 3.00. The van der Waals surface area contributed by atoms with Gasteiger partial charge in [-0.25, -0.2) is 0 Å². The molecule has 0 aliphatic heterocycles. The molecule has 1 rings (SSSR count). The molecule has 0 aromatic heterocycles. The van der Waals surface area contributed by atoms with Crippen LogP contribution in [0.1, 0.15) is 29.5 Å². The number of aliphatic hydroxyl groups is 1. The summed E-state index contributed by atoms with van der Waals surface area (Å²) in [6, 6.07) is 6.41. The summed E-state index contributed by atoms with van der Waals surface area (Å²) in [5.41, 5.74) is 3.77. The maximum absolute atomic E-state index is 8.97. The van der Waals surface area contributed by atoms with E-state index in [2.05, 4.69) is 32.0 Å². The van der Waals surface area contributed by atoms with Crippen LogP contribution >= 0.6 is 0 Å². The van der Waals surface area contributed by atoms with Crippen molar-refractivity contribution in [2.24, 2.45) is 0 Å². The van der Waals surface area contributed by atoms with Crippen LogP contribution in [-0.4, -0.2) is 11.7 Å². The molecule has 0 spiro atoms. The molecule has 0 fully saturated rings. The van der Waals surface area contributed by atoms with Crippen LogP contribution in [0.4, 0.5) is 0 Å². The van der Waals surface area contributed by atoms with E-state index in [0.717, 1.165) is 0 Å². The molecule has 0 radical (unpaired) electrons. The Bertz CT molecular complexity index is 245. The fourth-order valence-corrected chi connectivity index (χ4v) is 1.40. The van der Waals surface area contributed by atoms with Gasteiger partial charge in [0, 0.05) is 12.5 Å². The van der Waals surface area contributed by atoms with Gasteiger partial charge in [-0.1, -0.05) is 36.2 Å². The van der Waals surface area contributed by atoms with Crippen molar-refractivity contribution in [3.8, 4) is 0 Å². The highest BCUT2D eigenvalue weighted by atomic mass is 16.3. The zero-order valence-electron chi connectivity index (χ0n) is 7.96. The van der Waals surface area contributed by atoms with E-state index in [0.29, 0.717) is 0 Å². The van der Waals surface area contributed by atoms with Crippen molar-refractivity contribution in [2.45, 2.75) is 26.7 Å². The molecule has 1 atom stereocenters. The first-order valence-corrected chi connectivity index (χ1v) is 4.32. The molecule has 1 aromatic carbocycles. The van der Waals surface area contributed by atoms with E-state index in [-0.39, 0.29) is 12.5 Å². The number of hydrogen-bond acceptors (Lipinski definition) is 1. The average Bonchev–Trinajstić information content (AvgIpc) is 2.01. The predicted molar refractivity (Wildman–Crippen MR) is 51.4 cm³/mol. The van der Waals surface area contributed by atoms with Gasteiger partial charge in [0.15, 0.2) is 0 Å². The van der Waals surface area contributed by atoms with Crippen LogP contribution in [0, 0.1) is 13.8 Å². The standard InChI is InChI=1S/C11H16O/c1-8-4-9(2)6-11(5-8)10(3)7-12/h4-6,10,12H,7H2,1-3H3. The highest BCUT2D eigenvalue weighted by molar-refractivity contribution is 5.30. The number of benzene rings is 1. The zero-order valence-corrected chi connectivity index (χ0v) is 7.96. The fraction of sp³-hybridized carbons (Fsp3) is 0.455. The third-order valence-corrected chi connectivity index (χ3v) is 2.09. The lowest BCUT2D eigenvalue weighted by molar-refractivity contribution is 0.273. The first-order valence-electron chi connectivity index (χ1n) is 4.32. The van der Waals surface area contributed by atoms with Gasteiger partial charge >= 0.3 is 0 Å². The summed E-state index contributed by atoms with van der Waals surface area (Å²) in [5, 5.41) is 8.97. The lowest BCUT2D eigenvalue weighted by Crippen LogP contribution is -1.99. The van der Waals surface area contributed by atoms with Crippen LogP contribution in [0.15, 0.2) is 18.2 Å². The maximum Gasteiger partial charge on any atom is 0.0497 e. The topological polar surface area (TPSA) is 20.2 Å². The lowest BCUT2D eigenvalue weighted by atomic mass is 9.98. The second-order valence-electron chi connectivity index (χ2n) is 3.50. The molecular formula is C11H16O. The molecule has 1 N–H and O–H groups in total. The molecular weight excluding hydrogens is 148 g/mol. The van der Waals surface area contributed by atoms with E-state index in [1.807, 2.05) is 6.92 Å². The Labute approximate surface area is 74.1 Å². The molecule has 1 aromatic rings. The summed E-state index contributed by atoms with van der Waals surface area (Å²) in [6.07, 6.45) is 0. The molecule has 0 amide bonds. The van der Waals surface area contributed by atoms with E-state index >= 15 is 0 Å². The van der Waals surface area contributed by atoms with Crippen LogP contribution < -0.4 is 0 Å². The van der Waals surface area contributed by atoms with Crippen molar-refractivity contribution in [3.05, 3.63) is 34.9 Å². The van der Waals surface area contributed by atoms with Gasteiger partial charge in [-0.2, -0.15) is 0 Å². The minimum Gasteiger partial charge on any atom is -0.396 e. The average molecular weight is 164 g/mol. The van der Waals surface area contributed by atoms with E-state index in [1.165, 1.54) is 16.7 Å². The quantitative estimate of drug-likeness (QED) is 0.711. The third-order valence-electron chi connectivity index (χ3n) is 2.09. The highest BCUT2D eigenvalue weighted by Gasteiger charge is 2.03. The van der Waals surface area contributed by atoms with Gasteiger partial charge in [-0.05, 0) is 19.4 Å². The van der Waals surface area contributed by atoms with Crippen molar-refractivity contribution in [3.63, 3.8) is 0 Å². The minimum atomic E-state index is 0.225. The van der Waals surface area contributed by atoms with Crippen LogP contribution in [0.2, 0.25) is 0 Å². The third kappa shape index (κ3) is 2.08. The second kappa shape index (κ2) is 3.72. The van der Waals surface area contributed by atoms with E-state index in [4.69, 9.17) is 5.11 Å². The Morgan fingerprint density at radius 1 is 1.17 bits per heavy atom. The summed E-state index contributed by atoms with van der Waals surface area (Å²) in [4.78, 5) is 0. The second-order valence-corrected chi connectivity index (χ2v) is 3.50. The monoisotopic (exact) mass is 164 g/mol. The molecule has 1 unspecified atom stereocenters. The van der Waals surface area contributed by atoms with Crippen LogP contribution in [0.5, 0.6) is 0 Å². The maximum atomic E-state index is 8.97. The molecule has 1 heteroatoms. The number of rotatable bonds is 2. The van der Waals surface area contributed by atoms with E-state index in [9.17, 15) is 0 Å². The highest BCUT2D eigenvalue weighted by Crippen LogP contribution is 2.17. The Hall–Kier alpha value is -0.820. The van der Waals surface area contributed by atoms with E-state index in [1.54, 1.807) is 0 Å². The first-order chi connectivity index (χ1) is 5.63. The Kier molecular flexibility index (Phi) is 2.88.